The highest BCUT2D eigenvalue weighted by Crippen LogP contribution is 2.35. The van der Waals surface area contributed by atoms with Crippen LogP contribution in [-0.2, 0) is 6.54 Å². The summed E-state index contributed by atoms with van der Waals surface area (Å²) in [5, 5.41) is 6.17. The van der Waals surface area contributed by atoms with Gasteiger partial charge in [-0.15, -0.1) is 0 Å². The Kier molecular flexibility index (Phi) is 7.23. The molecule has 1 heterocycles. The number of nitrogens with one attached hydrogen (secondary N) is 2. The van der Waals surface area contributed by atoms with Crippen LogP contribution in [0.15, 0.2) is 36.4 Å². The second-order valence-electron chi connectivity index (χ2n) is 7.40. The molecule has 3 rings (SSSR count). The van der Waals surface area contributed by atoms with E-state index in [1.165, 1.54) is 25.3 Å². The molecule has 2 aromatic rings. The van der Waals surface area contributed by atoms with E-state index >= 15 is 0 Å². The Labute approximate surface area is 177 Å². The van der Waals surface area contributed by atoms with E-state index in [2.05, 4.69) is 46.7 Å². The fourth-order valence-corrected chi connectivity index (χ4v) is 3.78. The maximum atomic E-state index is 12.3. The van der Waals surface area contributed by atoms with Crippen LogP contribution >= 0.6 is 11.6 Å². The highest BCUT2D eigenvalue weighted by atomic mass is 35.5. The predicted molar refractivity (Wildman–Crippen MR) is 116 cm³/mol. The second kappa shape index (κ2) is 9.85. The summed E-state index contributed by atoms with van der Waals surface area (Å²) in [6.45, 7) is 5.70. The minimum atomic E-state index is -0.276. The summed E-state index contributed by atoms with van der Waals surface area (Å²) in [6.07, 6.45) is 1.07. The molecular formula is C22H28ClN3O3. The number of anilines is 1. The molecule has 0 unspecified atom stereocenters. The minimum Gasteiger partial charge on any atom is -0.495 e. The number of amides is 2. The van der Waals surface area contributed by atoms with E-state index in [4.69, 9.17) is 21.1 Å². The van der Waals surface area contributed by atoms with Crippen LogP contribution in [0.25, 0.3) is 0 Å². The first kappa shape index (κ1) is 21.3. The molecule has 1 aliphatic heterocycles. The Morgan fingerprint density at radius 2 is 1.90 bits per heavy atom. The summed E-state index contributed by atoms with van der Waals surface area (Å²) in [7, 11) is 3.07. The molecule has 0 bridgehead atoms. The highest BCUT2D eigenvalue weighted by molar-refractivity contribution is 6.32. The van der Waals surface area contributed by atoms with Crippen LogP contribution in [0.4, 0.5) is 10.5 Å². The topological polar surface area (TPSA) is 62.8 Å². The maximum absolute atomic E-state index is 12.3. The lowest BCUT2D eigenvalue weighted by Crippen LogP contribution is -2.34. The van der Waals surface area contributed by atoms with Crippen LogP contribution in [0.5, 0.6) is 11.5 Å². The van der Waals surface area contributed by atoms with Crippen molar-refractivity contribution in [3.63, 3.8) is 0 Å². The molecule has 2 amide bonds. The number of aryl methyl sites for hydroxylation is 1. The molecule has 29 heavy (non-hydrogen) atoms. The van der Waals surface area contributed by atoms with Gasteiger partial charge in [-0.25, -0.2) is 4.79 Å². The lowest BCUT2D eigenvalue weighted by atomic mass is 10.1. The standard InChI is InChI=1S/C22H28ClN3O3/c1-15-4-6-16(7-5-15)13-26-9-8-17(14-26)12-24-22(27)25-19-10-18(23)20(28-2)11-21(19)29-3/h4-7,10-11,17H,8-9,12-14H2,1-3H3,(H2,24,25,27)/t17-/m0/s1. The Morgan fingerprint density at radius 1 is 1.17 bits per heavy atom. The molecule has 0 aliphatic carbocycles. The van der Waals surface area contributed by atoms with Crippen molar-refractivity contribution in [1.82, 2.24) is 10.2 Å². The van der Waals surface area contributed by atoms with Crippen molar-refractivity contribution >= 4 is 23.3 Å². The maximum Gasteiger partial charge on any atom is 0.319 e. The molecule has 2 N–H and O–H groups in total. The number of hydrogen-bond donors (Lipinski definition) is 2. The summed E-state index contributed by atoms with van der Waals surface area (Å²) >= 11 is 6.16. The minimum absolute atomic E-state index is 0.276. The van der Waals surface area contributed by atoms with Gasteiger partial charge in [0.15, 0.2) is 0 Å². The number of ether oxygens (including phenoxy) is 2. The number of carbonyl (C=O) groups is 1. The number of likely N-dealkylation sites (tertiary alicyclic amines) is 1. The summed E-state index contributed by atoms with van der Waals surface area (Å²) in [6, 6.07) is 11.7. The Bertz CT molecular complexity index is 842. The van der Waals surface area contributed by atoms with Gasteiger partial charge in [-0.3, -0.25) is 4.90 Å². The van der Waals surface area contributed by atoms with Crippen molar-refractivity contribution < 1.29 is 14.3 Å². The Hall–Kier alpha value is -2.44. The second-order valence-corrected chi connectivity index (χ2v) is 7.80. The number of halogens is 1. The molecule has 1 atom stereocenters. The lowest BCUT2D eigenvalue weighted by Gasteiger charge is -2.17. The van der Waals surface area contributed by atoms with Crippen molar-refractivity contribution in [2.75, 3.05) is 39.2 Å². The summed E-state index contributed by atoms with van der Waals surface area (Å²) in [5.41, 5.74) is 3.10. The van der Waals surface area contributed by atoms with Crippen LogP contribution in [0.1, 0.15) is 17.5 Å². The predicted octanol–water partition coefficient (Wildman–Crippen LogP) is 4.31. The fraction of sp³-hybridized carbons (Fsp3) is 0.409. The first-order valence-electron chi connectivity index (χ1n) is 9.72. The van der Waals surface area contributed by atoms with Gasteiger partial charge < -0.3 is 20.1 Å². The van der Waals surface area contributed by atoms with Gasteiger partial charge in [-0.1, -0.05) is 41.4 Å². The van der Waals surface area contributed by atoms with E-state index in [9.17, 15) is 4.79 Å². The van der Waals surface area contributed by atoms with Crippen LogP contribution in [0.2, 0.25) is 5.02 Å². The first-order valence-corrected chi connectivity index (χ1v) is 10.1. The molecule has 6 nitrogen and oxygen atoms in total. The number of carbonyl (C=O) groups excluding carboxylic acids is 1. The van der Waals surface area contributed by atoms with Crippen LogP contribution in [0.3, 0.4) is 0 Å². The zero-order chi connectivity index (χ0) is 20.8. The monoisotopic (exact) mass is 417 g/mol. The number of benzene rings is 2. The molecule has 0 saturated carbocycles. The summed E-state index contributed by atoms with van der Waals surface area (Å²) < 4.78 is 10.5. The Morgan fingerprint density at radius 3 is 2.59 bits per heavy atom. The highest BCUT2D eigenvalue weighted by Gasteiger charge is 2.23. The summed E-state index contributed by atoms with van der Waals surface area (Å²) in [4.78, 5) is 14.8. The van der Waals surface area contributed by atoms with Gasteiger partial charge in [0.25, 0.3) is 0 Å². The number of nitrogens with zero attached hydrogens (tertiary/aromatic N) is 1. The molecule has 0 aromatic heterocycles. The average molecular weight is 418 g/mol. The average Bonchev–Trinajstić information content (AvgIpc) is 3.16. The number of methoxy groups -OCH3 is 2. The molecule has 2 aromatic carbocycles. The van der Waals surface area contributed by atoms with Crippen molar-refractivity contribution in [1.29, 1.82) is 0 Å². The molecule has 1 aliphatic rings. The third-order valence-corrected chi connectivity index (χ3v) is 5.47. The lowest BCUT2D eigenvalue weighted by molar-refractivity contribution is 0.249. The van der Waals surface area contributed by atoms with Crippen molar-refractivity contribution in [3.05, 3.63) is 52.5 Å². The zero-order valence-corrected chi connectivity index (χ0v) is 17.9. The molecular weight excluding hydrogens is 390 g/mol. The van der Waals surface area contributed by atoms with Crippen LogP contribution in [-0.4, -0.2) is 44.8 Å². The van der Waals surface area contributed by atoms with Crippen LogP contribution in [0, 0.1) is 12.8 Å². The molecule has 1 saturated heterocycles. The Balaban J connectivity index is 1.47. The van der Waals surface area contributed by atoms with Crippen molar-refractivity contribution in [2.45, 2.75) is 19.9 Å². The van der Waals surface area contributed by atoms with E-state index in [-0.39, 0.29) is 6.03 Å². The molecule has 1 fully saturated rings. The summed E-state index contributed by atoms with van der Waals surface area (Å²) in [5.74, 6) is 1.42. The van der Waals surface area contributed by atoms with E-state index in [0.717, 1.165) is 26.1 Å². The fourth-order valence-electron chi connectivity index (χ4n) is 3.54. The molecule has 156 valence electrons. The normalized spacial score (nSPS) is 16.5. The smallest absolute Gasteiger partial charge is 0.319 e. The van der Waals surface area contributed by atoms with Gasteiger partial charge in [0.05, 0.1) is 24.9 Å². The quantitative estimate of drug-likeness (QED) is 0.704. The molecule has 0 spiro atoms. The molecule has 7 heteroatoms. The van der Waals surface area contributed by atoms with Gasteiger partial charge in [-0.05, 0) is 37.4 Å². The van der Waals surface area contributed by atoms with E-state index in [1.807, 2.05) is 0 Å². The van der Waals surface area contributed by atoms with E-state index in [0.29, 0.717) is 34.7 Å². The number of hydrogen-bond acceptors (Lipinski definition) is 4. The van der Waals surface area contributed by atoms with Gasteiger partial charge in [-0.2, -0.15) is 0 Å². The number of rotatable bonds is 7. The van der Waals surface area contributed by atoms with E-state index in [1.54, 1.807) is 12.1 Å². The third kappa shape index (κ3) is 5.78. The van der Waals surface area contributed by atoms with Gasteiger partial charge in [0.1, 0.15) is 11.5 Å². The van der Waals surface area contributed by atoms with Crippen molar-refractivity contribution in [2.24, 2.45) is 5.92 Å². The van der Waals surface area contributed by atoms with Gasteiger partial charge >= 0.3 is 6.03 Å². The SMILES string of the molecule is COc1cc(OC)c(NC(=O)NC[C@@H]2CCN(Cc3ccc(C)cc3)C2)cc1Cl. The zero-order valence-electron chi connectivity index (χ0n) is 17.1. The number of urea groups is 1. The van der Waals surface area contributed by atoms with Crippen molar-refractivity contribution in [3.8, 4) is 11.5 Å². The van der Waals surface area contributed by atoms with E-state index < -0.39 is 0 Å². The van der Waals surface area contributed by atoms with Gasteiger partial charge in [0.2, 0.25) is 0 Å². The molecule has 0 radical (unpaired) electrons. The third-order valence-electron chi connectivity index (χ3n) is 5.17. The van der Waals surface area contributed by atoms with Crippen LogP contribution < -0.4 is 20.1 Å². The first-order chi connectivity index (χ1) is 14.0. The van der Waals surface area contributed by atoms with Gasteiger partial charge in [0, 0.05) is 25.7 Å². The largest absolute Gasteiger partial charge is 0.495 e.